The summed E-state index contributed by atoms with van der Waals surface area (Å²) in [5, 5.41) is 6.86. The summed E-state index contributed by atoms with van der Waals surface area (Å²) in [6.45, 7) is 0. The third-order valence-corrected chi connectivity index (χ3v) is 4.55. The second kappa shape index (κ2) is 5.60. The zero-order valence-corrected chi connectivity index (χ0v) is 13.2. The van der Waals surface area contributed by atoms with Gasteiger partial charge < -0.3 is 15.0 Å². The Bertz CT molecular complexity index is 798. The van der Waals surface area contributed by atoms with Crippen molar-refractivity contribution in [2.24, 2.45) is 0 Å². The van der Waals surface area contributed by atoms with Gasteiger partial charge >= 0.3 is 0 Å². The van der Waals surface area contributed by atoms with Crippen molar-refractivity contribution in [2.75, 3.05) is 12.8 Å². The van der Waals surface area contributed by atoms with Crippen LogP contribution in [-0.2, 0) is 0 Å². The fourth-order valence-electron chi connectivity index (χ4n) is 2.05. The minimum Gasteiger partial charge on any atom is -0.496 e. The number of nitrogens with zero attached hydrogens (tertiary/aromatic N) is 1. The quantitative estimate of drug-likeness (QED) is 0.731. The second-order valence-corrected chi connectivity index (χ2v) is 5.97. The van der Waals surface area contributed by atoms with Crippen molar-refractivity contribution >= 4 is 40.4 Å². The van der Waals surface area contributed by atoms with Crippen LogP contribution in [0.5, 0.6) is 5.75 Å². The van der Waals surface area contributed by atoms with Crippen LogP contribution in [0.1, 0.15) is 0 Å². The monoisotopic (exact) mass is 340 g/mol. The summed E-state index contributed by atoms with van der Waals surface area (Å²) in [7, 11) is 1.58. The maximum atomic E-state index is 6.17. The molecule has 0 saturated heterocycles. The fourth-order valence-corrected chi connectivity index (χ4v) is 3.35. The summed E-state index contributed by atoms with van der Waals surface area (Å²) in [5.41, 5.74) is 7.30. The first-order chi connectivity index (χ1) is 10.1. The number of hydrogen-bond acceptors (Lipinski definition) is 5. The van der Waals surface area contributed by atoms with E-state index in [0.29, 0.717) is 32.7 Å². The Hall–Kier alpha value is -1.69. The largest absolute Gasteiger partial charge is 0.496 e. The number of rotatable bonds is 3. The lowest BCUT2D eigenvalue weighted by Gasteiger charge is -2.09. The number of methoxy groups -OCH3 is 1. The number of anilines is 1. The highest BCUT2D eigenvalue weighted by Gasteiger charge is 2.23. The first kappa shape index (κ1) is 14.3. The Kier molecular flexibility index (Phi) is 3.80. The van der Waals surface area contributed by atoms with Gasteiger partial charge in [0, 0.05) is 10.6 Å². The third-order valence-electron chi connectivity index (χ3n) is 2.97. The fraction of sp³-hybridized carbons (Fsp3) is 0.0714. The molecule has 108 valence electrons. The predicted molar refractivity (Wildman–Crippen MR) is 86.2 cm³/mol. The van der Waals surface area contributed by atoms with E-state index in [-0.39, 0.29) is 5.82 Å². The topological polar surface area (TPSA) is 61.3 Å². The summed E-state index contributed by atoms with van der Waals surface area (Å²) in [4.78, 5) is 0.762. The Morgan fingerprint density at radius 3 is 2.76 bits per heavy atom. The Morgan fingerprint density at radius 2 is 2.10 bits per heavy atom. The van der Waals surface area contributed by atoms with E-state index in [4.69, 9.17) is 38.2 Å². The van der Waals surface area contributed by atoms with Crippen LogP contribution in [0.4, 0.5) is 5.82 Å². The molecule has 0 aliphatic carbocycles. The molecular formula is C14H10Cl2N2O2S. The van der Waals surface area contributed by atoms with Crippen LogP contribution in [0, 0.1) is 0 Å². The molecule has 2 N–H and O–H groups in total. The molecule has 0 aliphatic heterocycles. The van der Waals surface area contributed by atoms with E-state index in [2.05, 4.69) is 5.16 Å². The van der Waals surface area contributed by atoms with Gasteiger partial charge in [0.15, 0.2) is 11.6 Å². The molecule has 3 aromatic rings. The number of nitrogens with two attached hydrogens (primary N) is 1. The van der Waals surface area contributed by atoms with E-state index in [1.54, 1.807) is 31.4 Å². The first-order valence-corrected chi connectivity index (χ1v) is 7.57. The Balaban J connectivity index is 2.27. The van der Waals surface area contributed by atoms with Crippen molar-refractivity contribution in [2.45, 2.75) is 0 Å². The molecule has 0 amide bonds. The molecule has 0 atom stereocenters. The zero-order chi connectivity index (χ0) is 15.0. The van der Waals surface area contributed by atoms with E-state index in [9.17, 15) is 0 Å². The van der Waals surface area contributed by atoms with Crippen molar-refractivity contribution in [3.8, 4) is 27.5 Å². The average molecular weight is 341 g/mol. The molecule has 0 unspecified atom stereocenters. The van der Waals surface area contributed by atoms with Crippen LogP contribution < -0.4 is 10.5 Å². The maximum Gasteiger partial charge on any atom is 0.188 e. The maximum absolute atomic E-state index is 6.17. The number of nitrogen functional groups attached to an aromatic ring is 1. The van der Waals surface area contributed by atoms with Gasteiger partial charge in [-0.3, -0.25) is 0 Å². The van der Waals surface area contributed by atoms with Crippen LogP contribution in [0.3, 0.4) is 0 Å². The number of benzene rings is 1. The molecule has 7 heteroatoms. The van der Waals surface area contributed by atoms with Crippen LogP contribution in [-0.4, -0.2) is 12.3 Å². The summed E-state index contributed by atoms with van der Waals surface area (Å²) >= 11 is 13.7. The van der Waals surface area contributed by atoms with Gasteiger partial charge in [0.1, 0.15) is 5.75 Å². The first-order valence-electron chi connectivity index (χ1n) is 5.94. The van der Waals surface area contributed by atoms with Gasteiger partial charge in [-0.1, -0.05) is 28.4 Å². The molecule has 0 bridgehead atoms. The number of aromatic nitrogens is 1. The van der Waals surface area contributed by atoms with Gasteiger partial charge in [0.25, 0.3) is 0 Å². The van der Waals surface area contributed by atoms with Gasteiger partial charge in [-0.05, 0) is 29.6 Å². The number of halogens is 2. The molecule has 0 aliphatic rings. The molecule has 2 heterocycles. The minimum absolute atomic E-state index is 0.259. The molecule has 0 fully saturated rings. The molecule has 0 spiro atoms. The van der Waals surface area contributed by atoms with E-state index in [1.165, 1.54) is 11.3 Å². The van der Waals surface area contributed by atoms with Gasteiger partial charge in [-0.15, -0.1) is 11.3 Å². The number of thiophene rings is 1. The molecule has 21 heavy (non-hydrogen) atoms. The van der Waals surface area contributed by atoms with Crippen molar-refractivity contribution in [3.05, 3.63) is 39.7 Å². The van der Waals surface area contributed by atoms with Gasteiger partial charge in [0.2, 0.25) is 0 Å². The van der Waals surface area contributed by atoms with Gasteiger partial charge in [-0.25, -0.2) is 0 Å². The number of hydrogen-bond donors (Lipinski definition) is 1. The predicted octanol–water partition coefficient (Wildman–Crippen LogP) is 4.97. The lowest BCUT2D eigenvalue weighted by molar-refractivity contribution is 0.416. The molecular weight excluding hydrogens is 331 g/mol. The number of ether oxygens (including phenoxy) is 1. The third kappa shape index (κ3) is 2.48. The SMILES string of the molecule is COc1ccc(Cl)cc1-c1c(N)noc1-c1sccc1Cl. The summed E-state index contributed by atoms with van der Waals surface area (Å²) in [6.07, 6.45) is 0. The zero-order valence-electron chi connectivity index (χ0n) is 10.9. The van der Waals surface area contributed by atoms with E-state index >= 15 is 0 Å². The van der Waals surface area contributed by atoms with Crippen LogP contribution in [0.15, 0.2) is 34.2 Å². The lowest BCUT2D eigenvalue weighted by atomic mass is 10.0. The molecule has 2 aromatic heterocycles. The van der Waals surface area contributed by atoms with E-state index < -0.39 is 0 Å². The van der Waals surface area contributed by atoms with Gasteiger partial charge in [-0.2, -0.15) is 0 Å². The smallest absolute Gasteiger partial charge is 0.188 e. The molecule has 1 aromatic carbocycles. The lowest BCUT2D eigenvalue weighted by Crippen LogP contribution is -1.92. The van der Waals surface area contributed by atoms with Crippen LogP contribution >= 0.6 is 34.5 Å². The Morgan fingerprint density at radius 1 is 1.29 bits per heavy atom. The Labute approximate surface area is 135 Å². The average Bonchev–Trinajstić information content (AvgIpc) is 3.04. The van der Waals surface area contributed by atoms with Crippen LogP contribution in [0.25, 0.3) is 21.8 Å². The van der Waals surface area contributed by atoms with Crippen molar-refractivity contribution in [3.63, 3.8) is 0 Å². The van der Waals surface area contributed by atoms with Gasteiger partial charge in [0.05, 0.1) is 22.6 Å². The highest BCUT2D eigenvalue weighted by Crippen LogP contribution is 2.45. The standard InChI is InChI=1S/C14H10Cl2N2O2S/c1-19-10-3-2-7(15)6-8(10)11-12(20-18-14(11)17)13-9(16)4-5-21-13/h2-6H,1H3,(H2,17,18). The summed E-state index contributed by atoms with van der Waals surface area (Å²) in [5.74, 6) is 1.39. The van der Waals surface area contributed by atoms with Crippen molar-refractivity contribution < 1.29 is 9.26 Å². The van der Waals surface area contributed by atoms with Crippen molar-refractivity contribution in [1.29, 1.82) is 0 Å². The van der Waals surface area contributed by atoms with Crippen molar-refractivity contribution in [1.82, 2.24) is 5.16 Å². The molecule has 3 rings (SSSR count). The van der Waals surface area contributed by atoms with E-state index in [0.717, 1.165) is 4.88 Å². The highest BCUT2D eigenvalue weighted by molar-refractivity contribution is 7.14. The summed E-state index contributed by atoms with van der Waals surface area (Å²) in [6, 6.07) is 7.06. The van der Waals surface area contributed by atoms with Crippen LogP contribution in [0.2, 0.25) is 10.0 Å². The minimum atomic E-state index is 0.259. The normalized spacial score (nSPS) is 10.8. The molecule has 0 radical (unpaired) electrons. The summed E-state index contributed by atoms with van der Waals surface area (Å²) < 4.78 is 10.7. The van der Waals surface area contributed by atoms with E-state index in [1.807, 2.05) is 5.38 Å². The second-order valence-electron chi connectivity index (χ2n) is 4.21. The molecule has 4 nitrogen and oxygen atoms in total. The highest BCUT2D eigenvalue weighted by atomic mass is 35.5. The molecule has 0 saturated carbocycles.